The van der Waals surface area contributed by atoms with Gasteiger partial charge in [0.25, 0.3) is 0 Å². The number of aromatic nitrogens is 5. The molecule has 0 amide bonds. The third-order valence-corrected chi connectivity index (χ3v) is 3.15. The second kappa shape index (κ2) is 5.42. The normalized spacial score (nSPS) is 10.8. The molecule has 3 heterocycles. The highest BCUT2D eigenvalue weighted by molar-refractivity contribution is 5.77. The van der Waals surface area contributed by atoms with Crippen molar-refractivity contribution in [2.24, 2.45) is 0 Å². The lowest BCUT2D eigenvalue weighted by molar-refractivity contribution is -0.384. The molecule has 0 aliphatic heterocycles. The molecule has 0 spiro atoms. The molecule has 0 fully saturated rings. The van der Waals surface area contributed by atoms with Crippen LogP contribution in [-0.4, -0.2) is 40.1 Å². The van der Waals surface area contributed by atoms with Crippen LogP contribution in [0.1, 0.15) is 0 Å². The Morgan fingerprint density at radius 1 is 1.42 bits per heavy atom. The summed E-state index contributed by atoms with van der Waals surface area (Å²) in [5.41, 5.74) is -3.00. The van der Waals surface area contributed by atoms with Crippen molar-refractivity contribution in [2.45, 2.75) is 6.54 Å². The number of hydrogen-bond acceptors (Lipinski definition) is 7. The second-order valence-corrected chi connectivity index (χ2v) is 4.67. The summed E-state index contributed by atoms with van der Waals surface area (Å²) in [6, 6.07) is 1.01. The lowest BCUT2D eigenvalue weighted by Gasteiger charge is -2.09. The maximum atomic E-state index is 11.9. The molecule has 0 unspecified atom stereocenters. The van der Waals surface area contributed by atoms with Gasteiger partial charge in [-0.25, -0.2) is 9.97 Å². The number of pyridine rings is 1. The Morgan fingerprint density at radius 3 is 2.75 bits per heavy atom. The lowest BCUT2D eigenvalue weighted by atomic mass is 10.3. The van der Waals surface area contributed by atoms with Gasteiger partial charge in [0.1, 0.15) is 12.9 Å². The Bertz CT molecular complexity index is 1080. The molecule has 0 aromatic carbocycles. The van der Waals surface area contributed by atoms with E-state index < -0.39 is 34.2 Å². The van der Waals surface area contributed by atoms with Crippen LogP contribution < -0.4 is 11.1 Å². The van der Waals surface area contributed by atoms with E-state index in [9.17, 15) is 24.5 Å². The van der Waals surface area contributed by atoms with Crippen LogP contribution >= 0.6 is 0 Å². The zero-order valence-corrected chi connectivity index (χ0v) is 11.7. The van der Waals surface area contributed by atoms with Crippen LogP contribution in [0.3, 0.4) is 0 Å². The van der Waals surface area contributed by atoms with E-state index in [1.807, 2.05) is 0 Å². The summed E-state index contributed by atoms with van der Waals surface area (Å²) in [6.45, 7) is -0.812. The number of H-pyrrole nitrogens is 1. The Morgan fingerprint density at radius 2 is 2.17 bits per heavy atom. The van der Waals surface area contributed by atoms with Crippen molar-refractivity contribution in [3.8, 4) is 5.82 Å². The van der Waals surface area contributed by atoms with Crippen molar-refractivity contribution in [3.63, 3.8) is 0 Å². The van der Waals surface area contributed by atoms with E-state index >= 15 is 0 Å². The quantitative estimate of drug-likeness (QED) is 0.358. The van der Waals surface area contributed by atoms with Gasteiger partial charge in [-0.15, -0.1) is 0 Å². The van der Waals surface area contributed by atoms with Gasteiger partial charge < -0.3 is 10.1 Å². The molecular formula is C12H8N6O6. The van der Waals surface area contributed by atoms with Crippen LogP contribution in [0.5, 0.6) is 0 Å². The minimum Gasteiger partial charge on any atom is -0.480 e. The summed E-state index contributed by atoms with van der Waals surface area (Å²) >= 11 is 0. The van der Waals surface area contributed by atoms with Crippen molar-refractivity contribution in [3.05, 3.63) is 55.6 Å². The number of nitro groups is 1. The highest BCUT2D eigenvalue weighted by Crippen LogP contribution is 2.23. The van der Waals surface area contributed by atoms with E-state index in [-0.39, 0.29) is 17.0 Å². The molecule has 0 bridgehead atoms. The minimum absolute atomic E-state index is 0.128. The van der Waals surface area contributed by atoms with Crippen molar-refractivity contribution >= 4 is 22.8 Å². The molecule has 24 heavy (non-hydrogen) atoms. The van der Waals surface area contributed by atoms with Crippen LogP contribution in [0.2, 0.25) is 0 Å². The predicted octanol–water partition coefficient (Wildman–Crippen LogP) is -0.737. The molecular weight excluding hydrogens is 324 g/mol. The largest absolute Gasteiger partial charge is 0.480 e. The van der Waals surface area contributed by atoms with Gasteiger partial charge in [-0.1, -0.05) is 0 Å². The van der Waals surface area contributed by atoms with Crippen LogP contribution in [0, 0.1) is 10.1 Å². The molecule has 2 N–H and O–H groups in total. The second-order valence-electron chi connectivity index (χ2n) is 4.67. The van der Waals surface area contributed by atoms with Gasteiger partial charge >= 0.3 is 22.8 Å². The first-order chi connectivity index (χ1) is 11.4. The molecule has 0 radical (unpaired) electrons. The van der Waals surface area contributed by atoms with Gasteiger partial charge in [-0.3, -0.25) is 33.6 Å². The van der Waals surface area contributed by atoms with E-state index in [1.165, 1.54) is 23.3 Å². The topological polar surface area (TPSA) is 166 Å². The molecule has 0 aliphatic rings. The number of carbonyl (C=O) groups is 1. The number of fused-ring (bicyclic) bond motifs is 1. The van der Waals surface area contributed by atoms with Crippen molar-refractivity contribution in [1.82, 2.24) is 24.1 Å². The third kappa shape index (κ3) is 2.41. The zero-order valence-electron chi connectivity index (χ0n) is 11.7. The van der Waals surface area contributed by atoms with Gasteiger partial charge in [-0.05, 0) is 0 Å². The van der Waals surface area contributed by atoms with Crippen LogP contribution in [0.15, 0.2) is 34.4 Å². The number of hydrogen-bond donors (Lipinski definition) is 2. The first kappa shape index (κ1) is 15.1. The molecule has 3 aromatic rings. The number of nitrogens with zero attached hydrogens (tertiary/aromatic N) is 5. The summed E-state index contributed by atoms with van der Waals surface area (Å²) in [5.74, 6) is -1.54. The van der Waals surface area contributed by atoms with Crippen LogP contribution in [0.4, 0.5) is 5.69 Å². The number of carboxylic acids is 1. The summed E-state index contributed by atoms with van der Waals surface area (Å²) in [4.78, 5) is 54.9. The fourth-order valence-corrected chi connectivity index (χ4v) is 2.17. The van der Waals surface area contributed by atoms with E-state index in [2.05, 4.69) is 15.0 Å². The molecule has 0 saturated carbocycles. The number of aromatic amines is 1. The Hall–Kier alpha value is -3.83. The van der Waals surface area contributed by atoms with Gasteiger partial charge in [0, 0.05) is 18.5 Å². The van der Waals surface area contributed by atoms with E-state index in [1.54, 1.807) is 0 Å². The average molecular weight is 332 g/mol. The summed E-state index contributed by atoms with van der Waals surface area (Å²) in [7, 11) is 0. The summed E-state index contributed by atoms with van der Waals surface area (Å²) in [6.07, 6.45) is 4.02. The van der Waals surface area contributed by atoms with Crippen molar-refractivity contribution in [2.75, 3.05) is 0 Å². The molecule has 0 atom stereocenters. The van der Waals surface area contributed by atoms with Gasteiger partial charge in [-0.2, -0.15) is 0 Å². The highest BCUT2D eigenvalue weighted by atomic mass is 16.6. The molecule has 122 valence electrons. The van der Waals surface area contributed by atoms with Gasteiger partial charge in [0.2, 0.25) is 5.82 Å². The zero-order chi connectivity index (χ0) is 17.4. The third-order valence-electron chi connectivity index (χ3n) is 3.15. The molecule has 3 rings (SSSR count). The van der Waals surface area contributed by atoms with Gasteiger partial charge in [0.15, 0.2) is 5.65 Å². The predicted molar refractivity (Wildman–Crippen MR) is 78.0 cm³/mol. The van der Waals surface area contributed by atoms with E-state index in [4.69, 9.17) is 5.11 Å². The number of rotatable bonds is 4. The average Bonchev–Trinajstić information content (AvgIpc) is 3.04. The highest BCUT2D eigenvalue weighted by Gasteiger charge is 2.22. The van der Waals surface area contributed by atoms with Gasteiger partial charge in [0.05, 0.1) is 10.4 Å². The first-order valence-corrected chi connectivity index (χ1v) is 6.41. The fourth-order valence-electron chi connectivity index (χ4n) is 2.17. The molecule has 12 heteroatoms. The van der Waals surface area contributed by atoms with E-state index in [0.29, 0.717) is 4.57 Å². The Labute approximate surface area is 130 Å². The first-order valence-electron chi connectivity index (χ1n) is 6.41. The standard InChI is InChI=1S/C12H8N6O6/c19-8(20)4-17-9-6(14-11(21)12(17)22)3-7(18(23)24)10(15-9)16-2-1-13-5-16/h1-3,5H,4H2,(H,14,21)(H,19,20). The number of carboxylic acid groups (broad SMARTS) is 1. The number of imidazole rings is 1. The SMILES string of the molecule is O=C(O)Cn1c(=O)c(=O)[nH]c2cc([N+](=O)[O-])c(-n3ccnc3)nc21. The molecule has 0 aliphatic carbocycles. The summed E-state index contributed by atoms with van der Waals surface area (Å²) < 4.78 is 1.87. The number of aliphatic carboxylic acids is 1. The van der Waals surface area contributed by atoms with Crippen molar-refractivity contribution in [1.29, 1.82) is 0 Å². The van der Waals surface area contributed by atoms with E-state index in [0.717, 1.165) is 6.07 Å². The maximum Gasteiger partial charge on any atom is 0.323 e. The molecule has 12 nitrogen and oxygen atoms in total. The lowest BCUT2D eigenvalue weighted by Crippen LogP contribution is -2.38. The van der Waals surface area contributed by atoms with Crippen molar-refractivity contribution < 1.29 is 14.8 Å². The van der Waals surface area contributed by atoms with Crippen LogP contribution in [0.25, 0.3) is 17.0 Å². The minimum atomic E-state index is -1.37. The molecule has 3 aromatic heterocycles. The number of nitrogens with one attached hydrogen (secondary N) is 1. The Kier molecular flexibility index (Phi) is 3.41. The fraction of sp³-hybridized carbons (Fsp3) is 0.0833. The monoisotopic (exact) mass is 332 g/mol. The molecule has 0 saturated heterocycles. The smallest absolute Gasteiger partial charge is 0.323 e. The summed E-state index contributed by atoms with van der Waals surface area (Å²) in [5, 5.41) is 20.2. The maximum absolute atomic E-state index is 11.9. The van der Waals surface area contributed by atoms with Crippen LogP contribution in [-0.2, 0) is 11.3 Å². The Balaban J connectivity index is 2.44.